The third-order valence-corrected chi connectivity index (χ3v) is 6.69. The highest BCUT2D eigenvalue weighted by Gasteiger charge is 2.25. The number of rotatable bonds is 4. The van der Waals surface area contributed by atoms with Gasteiger partial charge in [0.2, 0.25) is 0 Å². The number of methoxy groups -OCH3 is 1. The summed E-state index contributed by atoms with van der Waals surface area (Å²) in [6.07, 6.45) is 4.10. The number of carbonyl (C=O) groups excluding carboxylic acids is 1. The molecule has 1 N–H and O–H groups in total. The smallest absolute Gasteiger partial charge is 0.277 e. The first-order valence-corrected chi connectivity index (χ1v) is 11.4. The lowest BCUT2D eigenvalue weighted by atomic mass is 10.1. The van der Waals surface area contributed by atoms with Gasteiger partial charge in [0.15, 0.2) is 5.13 Å². The third kappa shape index (κ3) is 3.91. The van der Waals surface area contributed by atoms with Crippen LogP contribution in [-0.2, 0) is 13.0 Å². The molecule has 2 aromatic carbocycles. The summed E-state index contributed by atoms with van der Waals surface area (Å²) in [5.41, 5.74) is 3.25. The molecular formula is C23H21ClN4O2S. The minimum absolute atomic E-state index is 0.225. The van der Waals surface area contributed by atoms with Crippen molar-refractivity contribution in [2.75, 3.05) is 12.4 Å². The van der Waals surface area contributed by atoms with Gasteiger partial charge in [0, 0.05) is 17.1 Å². The first kappa shape index (κ1) is 20.0. The SMILES string of the molecule is COc1ccc2nc(NC(=O)c3nc(-c4ccc(Cl)cc4)n4c3CCCCC4)sc2c1. The highest BCUT2D eigenvalue weighted by atomic mass is 35.5. The lowest BCUT2D eigenvalue weighted by molar-refractivity contribution is 0.102. The normalized spacial score (nSPS) is 13.6. The van der Waals surface area contributed by atoms with E-state index < -0.39 is 0 Å². The van der Waals surface area contributed by atoms with Crippen molar-refractivity contribution in [2.45, 2.75) is 32.2 Å². The maximum atomic E-state index is 13.2. The van der Waals surface area contributed by atoms with Crippen LogP contribution in [0.1, 0.15) is 35.4 Å². The number of aromatic nitrogens is 3. The van der Waals surface area contributed by atoms with Gasteiger partial charge in [-0.2, -0.15) is 0 Å². The number of hydrogen-bond donors (Lipinski definition) is 1. The number of imidazole rings is 1. The molecule has 0 aliphatic carbocycles. The summed E-state index contributed by atoms with van der Waals surface area (Å²) in [5, 5.41) is 4.19. The highest BCUT2D eigenvalue weighted by Crippen LogP contribution is 2.31. The Morgan fingerprint density at radius 3 is 2.77 bits per heavy atom. The molecule has 0 bridgehead atoms. The second-order valence-electron chi connectivity index (χ2n) is 7.51. The van der Waals surface area contributed by atoms with Crippen LogP contribution in [0.25, 0.3) is 21.6 Å². The molecule has 5 rings (SSSR count). The number of amides is 1. The summed E-state index contributed by atoms with van der Waals surface area (Å²) in [6, 6.07) is 13.3. The fourth-order valence-corrected chi connectivity index (χ4v) is 4.98. The van der Waals surface area contributed by atoms with E-state index in [-0.39, 0.29) is 5.91 Å². The number of anilines is 1. The van der Waals surface area contributed by atoms with E-state index in [0.29, 0.717) is 15.8 Å². The van der Waals surface area contributed by atoms with E-state index in [0.717, 1.165) is 65.3 Å². The molecule has 158 valence electrons. The van der Waals surface area contributed by atoms with Crippen molar-refractivity contribution in [3.05, 3.63) is 58.9 Å². The number of benzene rings is 2. The molecule has 0 saturated heterocycles. The van der Waals surface area contributed by atoms with Gasteiger partial charge in [-0.25, -0.2) is 9.97 Å². The average molecular weight is 453 g/mol. The Morgan fingerprint density at radius 2 is 1.97 bits per heavy atom. The number of halogens is 1. The van der Waals surface area contributed by atoms with Crippen LogP contribution < -0.4 is 10.1 Å². The van der Waals surface area contributed by atoms with Crippen molar-refractivity contribution < 1.29 is 9.53 Å². The Hall–Kier alpha value is -2.90. The van der Waals surface area contributed by atoms with Crippen LogP contribution >= 0.6 is 22.9 Å². The highest BCUT2D eigenvalue weighted by molar-refractivity contribution is 7.22. The minimum atomic E-state index is -0.225. The van der Waals surface area contributed by atoms with E-state index in [1.54, 1.807) is 7.11 Å². The summed E-state index contributed by atoms with van der Waals surface area (Å²) in [7, 11) is 1.63. The van der Waals surface area contributed by atoms with Crippen LogP contribution in [-0.4, -0.2) is 27.6 Å². The van der Waals surface area contributed by atoms with Crippen molar-refractivity contribution >= 4 is 44.2 Å². The molecule has 31 heavy (non-hydrogen) atoms. The summed E-state index contributed by atoms with van der Waals surface area (Å²) < 4.78 is 8.43. The molecule has 0 unspecified atom stereocenters. The fourth-order valence-electron chi connectivity index (χ4n) is 3.96. The largest absolute Gasteiger partial charge is 0.497 e. The molecule has 1 aliphatic heterocycles. The van der Waals surface area contributed by atoms with Gasteiger partial charge in [0.25, 0.3) is 5.91 Å². The van der Waals surface area contributed by atoms with Crippen molar-refractivity contribution in [3.8, 4) is 17.1 Å². The van der Waals surface area contributed by atoms with E-state index >= 15 is 0 Å². The Kier molecular flexibility index (Phi) is 5.38. The topological polar surface area (TPSA) is 69.0 Å². The number of hydrogen-bond acceptors (Lipinski definition) is 5. The molecule has 8 heteroatoms. The molecular weight excluding hydrogens is 432 g/mol. The molecule has 2 aromatic heterocycles. The van der Waals surface area contributed by atoms with Crippen LogP contribution in [0.5, 0.6) is 5.75 Å². The van der Waals surface area contributed by atoms with Crippen molar-refractivity contribution in [1.29, 1.82) is 0 Å². The van der Waals surface area contributed by atoms with Crippen molar-refractivity contribution in [1.82, 2.24) is 14.5 Å². The quantitative estimate of drug-likeness (QED) is 0.424. The maximum absolute atomic E-state index is 13.2. The monoisotopic (exact) mass is 452 g/mol. The number of nitrogens with zero attached hydrogens (tertiary/aromatic N) is 3. The van der Waals surface area contributed by atoms with Crippen LogP contribution in [0.2, 0.25) is 5.02 Å². The molecule has 3 heterocycles. The lowest BCUT2D eigenvalue weighted by Gasteiger charge is -2.09. The van der Waals surface area contributed by atoms with Crippen molar-refractivity contribution in [2.24, 2.45) is 0 Å². The Balaban J connectivity index is 1.50. The second-order valence-corrected chi connectivity index (χ2v) is 8.97. The Labute approximate surface area is 188 Å². The van der Waals surface area contributed by atoms with E-state index in [9.17, 15) is 4.79 Å². The summed E-state index contributed by atoms with van der Waals surface area (Å²) in [5.74, 6) is 1.35. The molecule has 6 nitrogen and oxygen atoms in total. The number of ether oxygens (including phenoxy) is 1. The molecule has 1 aliphatic rings. The number of nitrogens with one attached hydrogen (secondary N) is 1. The van der Waals surface area contributed by atoms with Gasteiger partial charge in [-0.05, 0) is 61.7 Å². The summed E-state index contributed by atoms with van der Waals surface area (Å²) in [6.45, 7) is 0.856. The van der Waals surface area contributed by atoms with E-state index in [1.165, 1.54) is 11.3 Å². The third-order valence-electron chi connectivity index (χ3n) is 5.50. The molecule has 1 amide bonds. The van der Waals surface area contributed by atoms with Crippen molar-refractivity contribution in [3.63, 3.8) is 0 Å². The molecule has 0 spiro atoms. The van der Waals surface area contributed by atoms with E-state index in [2.05, 4.69) is 14.9 Å². The lowest BCUT2D eigenvalue weighted by Crippen LogP contribution is -2.15. The summed E-state index contributed by atoms with van der Waals surface area (Å²) in [4.78, 5) is 22.5. The summed E-state index contributed by atoms with van der Waals surface area (Å²) >= 11 is 7.49. The molecule has 0 saturated carbocycles. The second kappa shape index (κ2) is 8.32. The first-order chi connectivity index (χ1) is 15.1. The first-order valence-electron chi connectivity index (χ1n) is 10.2. The standard InChI is InChI=1S/C23H21ClN4O2S/c1-30-16-10-11-17-19(13-16)31-23(25-17)27-22(29)20-18-5-3-2-4-12-28(18)21(26-20)14-6-8-15(24)9-7-14/h6-11,13H,2-5,12H2,1H3,(H,25,27,29). The van der Waals surface area contributed by atoms with E-state index in [4.69, 9.17) is 21.3 Å². The van der Waals surface area contributed by atoms with Gasteiger partial charge in [-0.1, -0.05) is 29.4 Å². The van der Waals surface area contributed by atoms with Gasteiger partial charge < -0.3 is 9.30 Å². The zero-order chi connectivity index (χ0) is 21.4. The predicted octanol–water partition coefficient (Wildman–Crippen LogP) is 5.80. The fraction of sp³-hybridized carbons (Fsp3) is 0.261. The number of carbonyl (C=O) groups is 1. The molecule has 0 atom stereocenters. The minimum Gasteiger partial charge on any atom is -0.497 e. The van der Waals surface area contributed by atoms with Crippen LogP contribution in [0, 0.1) is 0 Å². The molecule has 4 aromatic rings. The zero-order valence-electron chi connectivity index (χ0n) is 17.0. The average Bonchev–Trinajstić information content (AvgIpc) is 3.25. The van der Waals surface area contributed by atoms with Gasteiger partial charge in [0.1, 0.15) is 17.3 Å². The van der Waals surface area contributed by atoms with Crippen LogP contribution in [0.15, 0.2) is 42.5 Å². The van der Waals surface area contributed by atoms with Gasteiger partial charge in [-0.15, -0.1) is 0 Å². The van der Waals surface area contributed by atoms with Crippen LogP contribution in [0.4, 0.5) is 5.13 Å². The number of fused-ring (bicyclic) bond motifs is 2. The van der Waals surface area contributed by atoms with E-state index in [1.807, 2.05) is 42.5 Å². The van der Waals surface area contributed by atoms with Gasteiger partial charge >= 0.3 is 0 Å². The predicted molar refractivity (Wildman–Crippen MR) is 124 cm³/mol. The Bertz CT molecular complexity index is 1260. The Morgan fingerprint density at radius 1 is 1.13 bits per heavy atom. The van der Waals surface area contributed by atoms with Gasteiger partial charge in [0.05, 0.1) is 23.0 Å². The maximum Gasteiger partial charge on any atom is 0.277 e. The molecule has 0 fully saturated rings. The zero-order valence-corrected chi connectivity index (χ0v) is 18.6. The number of thiazole rings is 1. The van der Waals surface area contributed by atoms with Gasteiger partial charge in [-0.3, -0.25) is 10.1 Å². The molecule has 0 radical (unpaired) electrons. The van der Waals surface area contributed by atoms with Crippen LogP contribution in [0.3, 0.4) is 0 Å².